The molecule has 0 saturated carbocycles. The highest BCUT2D eigenvalue weighted by molar-refractivity contribution is 5.96. The minimum absolute atomic E-state index is 0.0595. The lowest BCUT2D eigenvalue weighted by Gasteiger charge is -2.13. The number of esters is 1. The summed E-state index contributed by atoms with van der Waals surface area (Å²) in [5.74, 6) is -0.144. The van der Waals surface area contributed by atoms with Crippen LogP contribution in [0.1, 0.15) is 29.3 Å². The van der Waals surface area contributed by atoms with Gasteiger partial charge in [-0.3, -0.25) is 9.59 Å². The van der Waals surface area contributed by atoms with Crippen LogP contribution in [-0.2, 0) is 9.53 Å². The largest absolute Gasteiger partial charge is 0.426 e. The van der Waals surface area contributed by atoms with Gasteiger partial charge in [0, 0.05) is 24.7 Å². The molecule has 1 fully saturated rings. The fourth-order valence-corrected chi connectivity index (χ4v) is 2.04. The van der Waals surface area contributed by atoms with Gasteiger partial charge in [-0.15, -0.1) is 0 Å². The average molecular weight is 263 g/mol. The Labute approximate surface area is 111 Å². The first-order valence-corrected chi connectivity index (χ1v) is 6.24. The smallest absolute Gasteiger partial charge is 0.308 e. The third-order valence-electron chi connectivity index (χ3n) is 3.05. The second kappa shape index (κ2) is 5.84. The van der Waals surface area contributed by atoms with Crippen molar-refractivity contribution in [2.24, 2.45) is 0 Å². The van der Waals surface area contributed by atoms with Gasteiger partial charge in [0.25, 0.3) is 5.91 Å². The number of benzene rings is 1. The average Bonchev–Trinajstić information content (AvgIpc) is 2.84. The maximum absolute atomic E-state index is 12.2. The molecule has 1 aromatic carbocycles. The number of hydrogen-bond donors (Lipinski definition) is 1. The predicted molar refractivity (Wildman–Crippen MR) is 69.2 cm³/mol. The summed E-state index contributed by atoms with van der Waals surface area (Å²) >= 11 is 0. The zero-order valence-corrected chi connectivity index (χ0v) is 11.1. The summed E-state index contributed by atoms with van der Waals surface area (Å²) in [6.07, 6.45) is 0.828. The van der Waals surface area contributed by atoms with Crippen molar-refractivity contribution in [1.82, 2.24) is 5.32 Å². The highest BCUT2D eigenvalue weighted by Crippen LogP contribution is 2.22. The summed E-state index contributed by atoms with van der Waals surface area (Å²) in [7, 11) is 0. The maximum atomic E-state index is 12.2. The van der Waals surface area contributed by atoms with Crippen LogP contribution in [0.3, 0.4) is 0 Å². The molecule has 1 aliphatic heterocycles. The Morgan fingerprint density at radius 1 is 1.42 bits per heavy atom. The third-order valence-corrected chi connectivity index (χ3v) is 3.05. The molecule has 1 heterocycles. The molecular weight excluding hydrogens is 246 g/mol. The molecule has 1 amide bonds. The molecule has 2 rings (SSSR count). The van der Waals surface area contributed by atoms with Crippen LogP contribution in [0.15, 0.2) is 18.2 Å². The summed E-state index contributed by atoms with van der Waals surface area (Å²) in [5, 5.41) is 2.91. The van der Waals surface area contributed by atoms with Crippen molar-refractivity contribution < 1.29 is 19.1 Å². The van der Waals surface area contributed by atoms with Gasteiger partial charge in [-0.05, 0) is 25.5 Å². The third kappa shape index (κ3) is 3.32. The van der Waals surface area contributed by atoms with Gasteiger partial charge in [0.1, 0.15) is 5.75 Å². The Balaban J connectivity index is 2.14. The van der Waals surface area contributed by atoms with E-state index < -0.39 is 5.97 Å². The second-order valence-electron chi connectivity index (χ2n) is 4.56. The lowest BCUT2D eigenvalue weighted by atomic mass is 10.1. The van der Waals surface area contributed by atoms with Gasteiger partial charge in [-0.1, -0.05) is 6.07 Å². The molecular formula is C14H17NO4. The lowest BCUT2D eigenvalue weighted by molar-refractivity contribution is -0.131. The summed E-state index contributed by atoms with van der Waals surface area (Å²) in [4.78, 5) is 23.1. The van der Waals surface area contributed by atoms with E-state index in [0.29, 0.717) is 30.1 Å². The van der Waals surface area contributed by atoms with Gasteiger partial charge in [0.2, 0.25) is 0 Å². The minimum atomic E-state index is -0.398. The fourth-order valence-electron chi connectivity index (χ4n) is 2.04. The van der Waals surface area contributed by atoms with E-state index in [2.05, 4.69) is 5.32 Å². The number of ether oxygens (including phenoxy) is 2. The molecule has 5 heteroatoms. The van der Waals surface area contributed by atoms with E-state index in [9.17, 15) is 9.59 Å². The van der Waals surface area contributed by atoms with E-state index in [-0.39, 0.29) is 11.9 Å². The second-order valence-corrected chi connectivity index (χ2v) is 4.56. The highest BCUT2D eigenvalue weighted by atomic mass is 16.5. The van der Waals surface area contributed by atoms with E-state index in [1.54, 1.807) is 25.1 Å². The molecule has 1 N–H and O–H groups in total. The van der Waals surface area contributed by atoms with E-state index >= 15 is 0 Å². The topological polar surface area (TPSA) is 64.6 Å². The molecule has 0 aliphatic carbocycles. The standard InChI is InChI=1S/C14H17NO4/c1-9-12(4-3-5-13(9)19-10(2)16)14(17)15-11-6-7-18-8-11/h3-5,11H,6-8H2,1-2H3,(H,15,17)/t11-/m1/s1. The lowest BCUT2D eigenvalue weighted by Crippen LogP contribution is -2.35. The van der Waals surface area contributed by atoms with Crippen molar-refractivity contribution in [2.45, 2.75) is 26.3 Å². The molecule has 1 aromatic rings. The van der Waals surface area contributed by atoms with Gasteiger partial charge >= 0.3 is 5.97 Å². The first-order valence-electron chi connectivity index (χ1n) is 6.24. The summed E-state index contributed by atoms with van der Waals surface area (Å²) in [6.45, 7) is 4.33. The van der Waals surface area contributed by atoms with Crippen LogP contribution in [-0.4, -0.2) is 31.1 Å². The minimum Gasteiger partial charge on any atom is -0.426 e. The summed E-state index contributed by atoms with van der Waals surface area (Å²) in [6, 6.07) is 5.15. The number of rotatable bonds is 3. The Hall–Kier alpha value is -1.88. The molecule has 102 valence electrons. The zero-order valence-electron chi connectivity index (χ0n) is 11.1. The van der Waals surface area contributed by atoms with Crippen LogP contribution in [0.25, 0.3) is 0 Å². The van der Waals surface area contributed by atoms with E-state index in [4.69, 9.17) is 9.47 Å². The van der Waals surface area contributed by atoms with Gasteiger partial charge in [0.05, 0.1) is 12.6 Å². The van der Waals surface area contributed by atoms with Gasteiger partial charge in [-0.2, -0.15) is 0 Å². The van der Waals surface area contributed by atoms with Crippen molar-refractivity contribution in [3.63, 3.8) is 0 Å². The van der Waals surface area contributed by atoms with Crippen LogP contribution >= 0.6 is 0 Å². The molecule has 0 spiro atoms. The Kier molecular flexibility index (Phi) is 4.16. The normalized spacial score (nSPS) is 18.1. The molecule has 1 atom stereocenters. The van der Waals surface area contributed by atoms with Crippen LogP contribution in [0.5, 0.6) is 5.75 Å². The fraction of sp³-hybridized carbons (Fsp3) is 0.429. The van der Waals surface area contributed by atoms with Gasteiger partial charge in [-0.25, -0.2) is 0 Å². The molecule has 19 heavy (non-hydrogen) atoms. The van der Waals surface area contributed by atoms with Crippen molar-refractivity contribution in [1.29, 1.82) is 0 Å². The van der Waals surface area contributed by atoms with Crippen LogP contribution in [0.4, 0.5) is 0 Å². The molecule has 1 saturated heterocycles. The predicted octanol–water partition coefficient (Wildman–Crippen LogP) is 1.44. The maximum Gasteiger partial charge on any atom is 0.308 e. The number of carbonyl (C=O) groups excluding carboxylic acids is 2. The van der Waals surface area contributed by atoms with Crippen molar-refractivity contribution >= 4 is 11.9 Å². The van der Waals surface area contributed by atoms with Gasteiger partial charge < -0.3 is 14.8 Å². The molecule has 0 bridgehead atoms. The zero-order chi connectivity index (χ0) is 13.8. The Morgan fingerprint density at radius 2 is 2.21 bits per heavy atom. The van der Waals surface area contributed by atoms with Crippen molar-refractivity contribution in [3.8, 4) is 5.75 Å². The van der Waals surface area contributed by atoms with Crippen LogP contribution in [0, 0.1) is 6.92 Å². The van der Waals surface area contributed by atoms with E-state index in [1.807, 2.05) is 0 Å². The number of carbonyl (C=O) groups is 2. The van der Waals surface area contributed by atoms with Crippen LogP contribution < -0.4 is 10.1 Å². The van der Waals surface area contributed by atoms with E-state index in [0.717, 1.165) is 6.42 Å². The molecule has 1 aliphatic rings. The van der Waals surface area contributed by atoms with E-state index in [1.165, 1.54) is 6.92 Å². The molecule has 0 aromatic heterocycles. The highest BCUT2D eigenvalue weighted by Gasteiger charge is 2.20. The molecule has 5 nitrogen and oxygen atoms in total. The first kappa shape index (κ1) is 13.5. The quantitative estimate of drug-likeness (QED) is 0.662. The Morgan fingerprint density at radius 3 is 2.84 bits per heavy atom. The first-order chi connectivity index (χ1) is 9.08. The molecule has 0 unspecified atom stereocenters. The van der Waals surface area contributed by atoms with Gasteiger partial charge in [0.15, 0.2) is 0 Å². The Bertz CT molecular complexity index is 492. The van der Waals surface area contributed by atoms with Crippen molar-refractivity contribution in [2.75, 3.05) is 13.2 Å². The van der Waals surface area contributed by atoms with Crippen molar-refractivity contribution in [3.05, 3.63) is 29.3 Å². The number of amides is 1. The summed E-state index contributed by atoms with van der Waals surface area (Å²) < 4.78 is 10.3. The molecule has 0 radical (unpaired) electrons. The number of nitrogens with one attached hydrogen (secondary N) is 1. The summed E-state index contributed by atoms with van der Waals surface area (Å²) in [5.41, 5.74) is 1.18. The van der Waals surface area contributed by atoms with Crippen LogP contribution in [0.2, 0.25) is 0 Å². The SMILES string of the molecule is CC(=O)Oc1cccc(C(=O)N[C@@H]2CCOC2)c1C. The number of hydrogen-bond acceptors (Lipinski definition) is 4. The monoisotopic (exact) mass is 263 g/mol.